The Hall–Kier alpha value is -3.57. The smallest absolute Gasteiger partial charge is 0.0675 e. The quantitative estimate of drug-likeness (QED) is 0.187. The van der Waals surface area contributed by atoms with Crippen molar-refractivity contribution >= 4 is 82.8 Å². The third-order valence-corrected chi connectivity index (χ3v) is 8.17. The van der Waals surface area contributed by atoms with Crippen molar-refractivity contribution in [2.24, 2.45) is 0 Å². The van der Waals surface area contributed by atoms with Crippen LogP contribution in [0.3, 0.4) is 0 Å². The van der Waals surface area contributed by atoms with Crippen molar-refractivity contribution in [2.75, 3.05) is 0 Å². The second kappa shape index (κ2) is 6.27. The average molecular weight is 532 g/mol. The van der Waals surface area contributed by atoms with Crippen LogP contribution in [0.5, 0.6) is 0 Å². The van der Waals surface area contributed by atoms with Crippen LogP contribution in [0.1, 0.15) is 0 Å². The molecule has 0 bridgehead atoms. The highest BCUT2D eigenvalue weighted by atomic mass is 127. The zero-order valence-electron chi connectivity index (χ0n) is 17.6. The molecular weight excluding hydrogens is 515 g/mol. The summed E-state index contributed by atoms with van der Waals surface area (Å²) < 4.78 is 4.84. The normalized spacial score (nSPS) is 12.4. The number of hydrogen-bond donors (Lipinski definition) is 0. The molecule has 33 heavy (non-hydrogen) atoms. The van der Waals surface area contributed by atoms with Gasteiger partial charge in [-0.3, -0.25) is 2.78 Å². The molecule has 0 saturated carbocycles. The molecule has 0 amide bonds. The van der Waals surface area contributed by atoms with Crippen LogP contribution in [0, 0.1) is 0 Å². The van der Waals surface area contributed by atoms with Crippen LogP contribution in [0.2, 0.25) is 0 Å². The average Bonchev–Trinajstić information content (AvgIpc) is 3.32. The molecule has 0 aliphatic carbocycles. The summed E-state index contributed by atoms with van der Waals surface area (Å²) in [5, 5.41) is 7.90. The molecule has 8 aromatic rings. The number of rotatable bonds is 1. The van der Waals surface area contributed by atoms with Crippen LogP contribution in [0.25, 0.3) is 71.0 Å². The summed E-state index contributed by atoms with van der Waals surface area (Å²) in [5.74, 6) is 0. The Morgan fingerprint density at radius 3 is 2.00 bits per heavy atom. The van der Waals surface area contributed by atoms with E-state index in [1.165, 1.54) is 71.0 Å². The summed E-state index contributed by atoms with van der Waals surface area (Å²) in [6, 6.07) is 37.7. The number of aromatic nitrogens is 2. The van der Waals surface area contributed by atoms with Crippen molar-refractivity contribution in [3.8, 4) is 11.1 Å². The molecule has 0 spiro atoms. The topological polar surface area (TPSA) is 9.34 Å². The number of halogens is 1. The number of benzene rings is 5. The third kappa shape index (κ3) is 2.14. The van der Waals surface area contributed by atoms with Gasteiger partial charge in [0.1, 0.15) is 0 Å². The van der Waals surface area contributed by atoms with E-state index in [-0.39, 0.29) is 0 Å². The Bertz CT molecular complexity index is 2030. The van der Waals surface area contributed by atoms with Crippen molar-refractivity contribution in [1.29, 1.82) is 0 Å². The largest absolute Gasteiger partial charge is 0.308 e. The molecule has 5 aromatic carbocycles. The van der Waals surface area contributed by atoms with Crippen molar-refractivity contribution in [3.63, 3.8) is 0 Å². The van der Waals surface area contributed by atoms with Gasteiger partial charge in [0.15, 0.2) is 0 Å². The minimum Gasteiger partial charge on any atom is -0.308 e. The van der Waals surface area contributed by atoms with Crippen molar-refractivity contribution in [2.45, 2.75) is 0 Å². The van der Waals surface area contributed by atoms with Crippen LogP contribution >= 0.6 is 22.9 Å². The number of para-hydroxylation sites is 2. The molecule has 0 N–H and O–H groups in total. The van der Waals surface area contributed by atoms with Crippen LogP contribution in [0.15, 0.2) is 103 Å². The molecule has 0 aliphatic heterocycles. The maximum atomic E-state index is 2.49. The first kappa shape index (κ1) is 17.9. The van der Waals surface area contributed by atoms with Gasteiger partial charge in [0.2, 0.25) is 0 Å². The van der Waals surface area contributed by atoms with E-state index >= 15 is 0 Å². The summed E-state index contributed by atoms with van der Waals surface area (Å²) >= 11 is 2.49. The highest BCUT2D eigenvalue weighted by molar-refractivity contribution is 14.1. The van der Waals surface area contributed by atoms with Crippen LogP contribution in [0.4, 0.5) is 0 Å². The van der Waals surface area contributed by atoms with Crippen molar-refractivity contribution < 1.29 is 0 Å². The molecule has 0 atom stereocenters. The lowest BCUT2D eigenvalue weighted by molar-refractivity contribution is 1.36. The molecule has 3 heterocycles. The minimum absolute atomic E-state index is 1.25. The van der Waals surface area contributed by atoms with Crippen LogP contribution < -0.4 is 0 Å². The SMILES string of the molecule is In1c2cccc3c2c2c(ccc(-c4ccccc4)c21)c1cccc2c4ccccc4n3c12. The fourth-order valence-electron chi connectivity index (χ4n) is 5.86. The first-order chi connectivity index (χ1) is 16.3. The van der Waals surface area contributed by atoms with Crippen LogP contribution in [-0.2, 0) is 0 Å². The Morgan fingerprint density at radius 1 is 0.455 bits per heavy atom. The van der Waals surface area contributed by atoms with Gasteiger partial charge in [-0.1, -0.05) is 84.9 Å². The lowest BCUT2D eigenvalue weighted by Crippen LogP contribution is -1.87. The van der Waals surface area contributed by atoms with E-state index in [4.69, 9.17) is 0 Å². The number of nitrogens with zero attached hydrogens (tertiary/aromatic N) is 2. The Balaban J connectivity index is 1.78. The van der Waals surface area contributed by atoms with E-state index in [0.717, 1.165) is 0 Å². The van der Waals surface area contributed by atoms with Gasteiger partial charge in [-0.15, -0.1) is 0 Å². The second-order valence-corrected chi connectivity index (χ2v) is 9.72. The summed E-state index contributed by atoms with van der Waals surface area (Å²) in [7, 11) is 0. The molecule has 0 aliphatic rings. The molecule has 0 fully saturated rings. The molecule has 3 heteroatoms. The fourth-order valence-corrected chi connectivity index (χ4v) is 6.77. The predicted octanol–water partition coefficient (Wildman–Crippen LogP) is 8.81. The Kier molecular flexibility index (Phi) is 3.40. The maximum Gasteiger partial charge on any atom is 0.0675 e. The predicted molar refractivity (Wildman–Crippen MR) is 149 cm³/mol. The Morgan fingerprint density at radius 2 is 1.12 bits per heavy atom. The Labute approximate surface area is 203 Å². The molecule has 2 nitrogen and oxygen atoms in total. The summed E-state index contributed by atoms with van der Waals surface area (Å²) in [5.41, 5.74) is 8.89. The van der Waals surface area contributed by atoms with Gasteiger partial charge >= 0.3 is 0 Å². The molecular formula is C30H17IN2. The second-order valence-electron chi connectivity index (χ2n) is 8.76. The van der Waals surface area contributed by atoms with E-state index in [2.05, 4.69) is 133 Å². The number of hydrogen-bond acceptors (Lipinski definition) is 0. The monoisotopic (exact) mass is 532 g/mol. The van der Waals surface area contributed by atoms with E-state index in [1.54, 1.807) is 0 Å². The third-order valence-electron chi connectivity index (χ3n) is 7.17. The molecule has 3 aromatic heterocycles. The maximum absolute atomic E-state index is 2.49. The van der Waals surface area contributed by atoms with E-state index in [0.29, 0.717) is 0 Å². The zero-order chi connectivity index (χ0) is 21.7. The van der Waals surface area contributed by atoms with E-state index in [1.807, 2.05) is 0 Å². The zero-order valence-corrected chi connectivity index (χ0v) is 19.7. The molecule has 154 valence electrons. The van der Waals surface area contributed by atoms with Gasteiger partial charge in [0.25, 0.3) is 0 Å². The number of fused-ring (bicyclic) bond motifs is 5. The fraction of sp³-hybridized carbons (Fsp3) is 0. The summed E-state index contributed by atoms with van der Waals surface area (Å²) in [6.45, 7) is 0. The van der Waals surface area contributed by atoms with Gasteiger partial charge in [-0.2, -0.15) is 0 Å². The first-order valence-electron chi connectivity index (χ1n) is 11.2. The van der Waals surface area contributed by atoms with E-state index in [9.17, 15) is 0 Å². The first-order valence-corrected chi connectivity index (χ1v) is 12.1. The van der Waals surface area contributed by atoms with Gasteiger partial charge in [-0.05, 0) is 29.1 Å². The standard InChI is InChI=1S/C30H17IN2/c31-33-26-15-7-14-25-28(26)27-21(17-16-19(30(27)33)18-8-2-1-3-9-18)23-12-6-11-22-20-10-4-5-13-24(20)32(25)29(22)23/h1-17H. The van der Waals surface area contributed by atoms with Gasteiger partial charge < -0.3 is 4.40 Å². The minimum atomic E-state index is 1.25. The summed E-state index contributed by atoms with van der Waals surface area (Å²) in [6.07, 6.45) is 0. The van der Waals surface area contributed by atoms with Crippen LogP contribution in [-0.4, -0.2) is 7.18 Å². The molecule has 0 unspecified atom stereocenters. The van der Waals surface area contributed by atoms with Gasteiger partial charge in [-0.25, -0.2) is 0 Å². The molecule has 8 rings (SSSR count). The molecule has 0 radical (unpaired) electrons. The van der Waals surface area contributed by atoms with Gasteiger partial charge in [0.05, 0.1) is 50.4 Å². The van der Waals surface area contributed by atoms with E-state index < -0.39 is 0 Å². The van der Waals surface area contributed by atoms with Gasteiger partial charge in [0, 0.05) is 32.5 Å². The van der Waals surface area contributed by atoms with Crippen molar-refractivity contribution in [1.82, 2.24) is 7.18 Å². The summed E-state index contributed by atoms with van der Waals surface area (Å²) in [4.78, 5) is 0. The van der Waals surface area contributed by atoms with Crippen molar-refractivity contribution in [3.05, 3.63) is 103 Å². The molecule has 0 saturated heterocycles. The highest BCUT2D eigenvalue weighted by Gasteiger charge is 2.22. The highest BCUT2D eigenvalue weighted by Crippen LogP contribution is 2.46. The lowest BCUT2D eigenvalue weighted by Gasteiger charge is -2.08. The lowest BCUT2D eigenvalue weighted by atomic mass is 9.98.